The van der Waals surface area contributed by atoms with Gasteiger partial charge in [-0.2, -0.15) is 13.2 Å². The molecule has 0 spiro atoms. The molecule has 0 amide bonds. The summed E-state index contributed by atoms with van der Waals surface area (Å²) >= 11 is 0. The van der Waals surface area contributed by atoms with E-state index in [1.807, 2.05) is 24.3 Å². The van der Waals surface area contributed by atoms with Crippen molar-refractivity contribution >= 4 is 5.96 Å². The van der Waals surface area contributed by atoms with Gasteiger partial charge in [-0.3, -0.25) is 4.99 Å². The van der Waals surface area contributed by atoms with Crippen molar-refractivity contribution in [3.8, 4) is 5.75 Å². The highest BCUT2D eigenvalue weighted by Gasteiger charge is 2.26. The van der Waals surface area contributed by atoms with E-state index >= 15 is 0 Å². The first-order chi connectivity index (χ1) is 12.0. The number of alkyl halides is 3. The molecule has 1 aliphatic rings. The molecular weight excluding hydrogens is 331 g/mol. The standard InChI is InChI=1S/C18H26F3N3O/c1-22-17(23-12-11-18(19,20)21)24-13-14-7-9-16(10-8-14)25-15-5-3-2-4-6-15/h7-10,15H,2-6,11-13H2,1H3,(H2,22,23,24). The molecule has 4 nitrogen and oxygen atoms in total. The zero-order valence-corrected chi connectivity index (χ0v) is 14.5. The summed E-state index contributed by atoms with van der Waals surface area (Å²) in [5, 5.41) is 5.66. The van der Waals surface area contributed by atoms with Crippen LogP contribution in [0.1, 0.15) is 44.1 Å². The molecular formula is C18H26F3N3O. The number of rotatable bonds is 6. The monoisotopic (exact) mass is 357 g/mol. The van der Waals surface area contributed by atoms with E-state index in [0.29, 0.717) is 18.6 Å². The topological polar surface area (TPSA) is 45.7 Å². The Morgan fingerprint density at radius 3 is 2.40 bits per heavy atom. The second-order valence-corrected chi connectivity index (χ2v) is 6.24. The van der Waals surface area contributed by atoms with Gasteiger partial charge in [0.1, 0.15) is 5.75 Å². The molecule has 1 aliphatic carbocycles. The SMILES string of the molecule is CN=C(NCCC(F)(F)F)NCc1ccc(OC2CCCCC2)cc1. The van der Waals surface area contributed by atoms with E-state index in [2.05, 4.69) is 15.6 Å². The van der Waals surface area contributed by atoms with Crippen LogP contribution in [0.25, 0.3) is 0 Å². The van der Waals surface area contributed by atoms with Gasteiger partial charge in [-0.1, -0.05) is 18.6 Å². The molecule has 1 aromatic carbocycles. The van der Waals surface area contributed by atoms with E-state index in [-0.39, 0.29) is 6.54 Å². The molecule has 0 aromatic heterocycles. The van der Waals surface area contributed by atoms with E-state index in [0.717, 1.165) is 24.2 Å². The highest BCUT2D eigenvalue weighted by molar-refractivity contribution is 5.79. The minimum Gasteiger partial charge on any atom is -0.490 e. The Labute approximate surface area is 146 Å². The largest absolute Gasteiger partial charge is 0.490 e. The summed E-state index contributed by atoms with van der Waals surface area (Å²) in [6.07, 6.45) is 1.24. The van der Waals surface area contributed by atoms with Crippen molar-refractivity contribution in [1.82, 2.24) is 10.6 Å². The lowest BCUT2D eigenvalue weighted by Crippen LogP contribution is -2.38. The van der Waals surface area contributed by atoms with Crippen molar-refractivity contribution in [2.75, 3.05) is 13.6 Å². The zero-order chi connectivity index (χ0) is 18.1. The average molecular weight is 357 g/mol. The molecule has 2 N–H and O–H groups in total. The molecule has 0 atom stereocenters. The molecule has 1 aromatic rings. The molecule has 1 saturated carbocycles. The molecule has 0 unspecified atom stereocenters. The fourth-order valence-electron chi connectivity index (χ4n) is 2.79. The summed E-state index contributed by atoms with van der Waals surface area (Å²) in [5.74, 6) is 1.22. The number of benzene rings is 1. The van der Waals surface area contributed by atoms with Gasteiger partial charge in [-0.15, -0.1) is 0 Å². The first-order valence-corrected chi connectivity index (χ1v) is 8.73. The lowest BCUT2D eigenvalue weighted by molar-refractivity contribution is -0.132. The number of halogens is 3. The third-order valence-corrected chi connectivity index (χ3v) is 4.16. The van der Waals surface area contributed by atoms with Crippen LogP contribution in [0.5, 0.6) is 5.75 Å². The van der Waals surface area contributed by atoms with Crippen LogP contribution in [0.4, 0.5) is 13.2 Å². The van der Waals surface area contributed by atoms with Crippen molar-refractivity contribution in [3.63, 3.8) is 0 Å². The zero-order valence-electron chi connectivity index (χ0n) is 14.5. The average Bonchev–Trinajstić information content (AvgIpc) is 2.59. The van der Waals surface area contributed by atoms with Crippen LogP contribution in [0, 0.1) is 0 Å². The number of guanidine groups is 1. The van der Waals surface area contributed by atoms with Gasteiger partial charge < -0.3 is 15.4 Å². The summed E-state index contributed by atoms with van der Waals surface area (Å²) in [4.78, 5) is 3.92. The molecule has 0 heterocycles. The van der Waals surface area contributed by atoms with Crippen LogP contribution in [-0.4, -0.2) is 31.8 Å². The van der Waals surface area contributed by atoms with Gasteiger partial charge in [-0.25, -0.2) is 0 Å². The number of nitrogens with zero attached hydrogens (tertiary/aromatic N) is 1. The number of hydrogen-bond acceptors (Lipinski definition) is 2. The Morgan fingerprint density at radius 1 is 1.12 bits per heavy atom. The van der Waals surface area contributed by atoms with Crippen LogP contribution in [0.2, 0.25) is 0 Å². The van der Waals surface area contributed by atoms with Crippen LogP contribution in [-0.2, 0) is 6.54 Å². The number of aliphatic imine (C=N–C) groups is 1. The van der Waals surface area contributed by atoms with Gasteiger partial charge in [0, 0.05) is 20.1 Å². The van der Waals surface area contributed by atoms with Crippen LogP contribution in [0.15, 0.2) is 29.3 Å². The molecule has 7 heteroatoms. The Kier molecular flexibility index (Phi) is 7.40. The third-order valence-electron chi connectivity index (χ3n) is 4.16. The van der Waals surface area contributed by atoms with Gasteiger partial charge in [0.25, 0.3) is 0 Å². The Morgan fingerprint density at radius 2 is 1.80 bits per heavy atom. The first kappa shape index (κ1) is 19.4. The van der Waals surface area contributed by atoms with Gasteiger partial charge >= 0.3 is 6.18 Å². The van der Waals surface area contributed by atoms with Gasteiger partial charge in [0.05, 0.1) is 12.5 Å². The maximum Gasteiger partial charge on any atom is 0.390 e. The number of ether oxygens (including phenoxy) is 1. The van der Waals surface area contributed by atoms with Crippen molar-refractivity contribution < 1.29 is 17.9 Å². The van der Waals surface area contributed by atoms with Gasteiger partial charge in [0.2, 0.25) is 0 Å². The second kappa shape index (κ2) is 9.53. The van der Waals surface area contributed by atoms with Crippen molar-refractivity contribution in [2.24, 2.45) is 4.99 Å². The van der Waals surface area contributed by atoms with E-state index < -0.39 is 12.6 Å². The summed E-state index contributed by atoms with van der Waals surface area (Å²) < 4.78 is 42.4. The van der Waals surface area contributed by atoms with E-state index in [1.165, 1.54) is 26.3 Å². The summed E-state index contributed by atoms with van der Waals surface area (Å²) in [6.45, 7) is 0.284. The predicted octanol–water partition coefficient (Wildman–Crippen LogP) is 4.02. The molecule has 0 radical (unpaired) electrons. The van der Waals surface area contributed by atoms with Crippen molar-refractivity contribution in [1.29, 1.82) is 0 Å². The first-order valence-electron chi connectivity index (χ1n) is 8.73. The Balaban J connectivity index is 1.74. The van der Waals surface area contributed by atoms with Crippen LogP contribution >= 0.6 is 0 Å². The second-order valence-electron chi connectivity index (χ2n) is 6.24. The lowest BCUT2D eigenvalue weighted by atomic mass is 9.98. The quantitative estimate of drug-likeness (QED) is 0.597. The fourth-order valence-corrected chi connectivity index (χ4v) is 2.79. The van der Waals surface area contributed by atoms with Gasteiger partial charge in [0.15, 0.2) is 5.96 Å². The molecule has 25 heavy (non-hydrogen) atoms. The Hall–Kier alpha value is -1.92. The van der Waals surface area contributed by atoms with E-state index in [9.17, 15) is 13.2 Å². The third kappa shape index (κ3) is 7.67. The van der Waals surface area contributed by atoms with E-state index in [4.69, 9.17) is 4.74 Å². The summed E-state index contributed by atoms with van der Waals surface area (Å²) in [7, 11) is 1.53. The minimum atomic E-state index is -4.17. The normalized spacial score (nSPS) is 16.6. The number of hydrogen-bond donors (Lipinski definition) is 2. The fraction of sp³-hybridized carbons (Fsp3) is 0.611. The highest BCUT2D eigenvalue weighted by Crippen LogP contribution is 2.23. The van der Waals surface area contributed by atoms with Crippen molar-refractivity contribution in [3.05, 3.63) is 29.8 Å². The molecule has 0 bridgehead atoms. The van der Waals surface area contributed by atoms with Crippen molar-refractivity contribution in [2.45, 2.75) is 57.3 Å². The van der Waals surface area contributed by atoms with Gasteiger partial charge in [-0.05, 0) is 43.4 Å². The smallest absolute Gasteiger partial charge is 0.390 e. The molecule has 1 fully saturated rings. The number of nitrogens with one attached hydrogen (secondary N) is 2. The maximum absolute atomic E-state index is 12.2. The molecule has 2 rings (SSSR count). The van der Waals surface area contributed by atoms with Crippen LogP contribution < -0.4 is 15.4 Å². The summed E-state index contributed by atoms with van der Waals surface area (Å²) in [5.41, 5.74) is 1.01. The van der Waals surface area contributed by atoms with E-state index in [1.54, 1.807) is 0 Å². The molecule has 0 aliphatic heterocycles. The predicted molar refractivity (Wildman–Crippen MR) is 92.8 cm³/mol. The lowest BCUT2D eigenvalue weighted by Gasteiger charge is -2.23. The minimum absolute atomic E-state index is 0.197. The Bertz CT molecular complexity index is 537. The van der Waals surface area contributed by atoms with Crippen LogP contribution in [0.3, 0.4) is 0 Å². The molecule has 0 saturated heterocycles. The maximum atomic E-state index is 12.2. The highest BCUT2D eigenvalue weighted by atomic mass is 19.4. The summed E-state index contributed by atoms with van der Waals surface area (Å²) in [6, 6.07) is 7.78. The molecule has 140 valence electrons.